The molecule has 0 aromatic heterocycles. The molecule has 0 heterocycles. The second-order valence-electron chi connectivity index (χ2n) is 8.36. The van der Waals surface area contributed by atoms with E-state index >= 15 is 0 Å². The fraction of sp³-hybridized carbons (Fsp3) is 1.00. The minimum atomic E-state index is -1.64. The van der Waals surface area contributed by atoms with Crippen molar-refractivity contribution in [1.82, 2.24) is 0 Å². The van der Waals surface area contributed by atoms with Crippen LogP contribution < -0.4 is 0 Å². The van der Waals surface area contributed by atoms with E-state index in [1.54, 1.807) is 0 Å². The number of rotatable bonds is 3. The van der Waals surface area contributed by atoms with Gasteiger partial charge in [0.2, 0.25) is 0 Å². The molecule has 2 heteroatoms. The molecule has 0 N–H and O–H groups in total. The van der Waals surface area contributed by atoms with Gasteiger partial charge < -0.3 is 4.43 Å². The van der Waals surface area contributed by atoms with Gasteiger partial charge in [-0.15, -0.1) is 0 Å². The van der Waals surface area contributed by atoms with Crippen LogP contribution in [0.1, 0.15) is 61.8 Å². The predicted molar refractivity (Wildman–Crippen MR) is 76.4 cm³/mol. The van der Waals surface area contributed by atoms with Crippen LogP contribution in [0.15, 0.2) is 0 Å². The van der Waals surface area contributed by atoms with Crippen LogP contribution in [0.2, 0.25) is 18.1 Å². The Labute approximate surface area is 104 Å². The molecule has 98 valence electrons. The summed E-state index contributed by atoms with van der Waals surface area (Å²) in [4.78, 5) is 0. The fourth-order valence-electron chi connectivity index (χ4n) is 2.16. The fourth-order valence-corrected chi connectivity index (χ4v) is 3.92. The van der Waals surface area contributed by atoms with Gasteiger partial charge in [0.15, 0.2) is 8.32 Å². The molecule has 0 aliphatic carbocycles. The van der Waals surface area contributed by atoms with Crippen molar-refractivity contribution in [2.75, 3.05) is 0 Å². The van der Waals surface area contributed by atoms with E-state index in [9.17, 15) is 0 Å². The van der Waals surface area contributed by atoms with Gasteiger partial charge in [0.05, 0.1) is 5.60 Å². The van der Waals surface area contributed by atoms with Crippen LogP contribution in [-0.2, 0) is 4.43 Å². The SMILES string of the molecule is CC(C)(C)CC(C)(C)O[Si](C)(C)C(C)(C)C. The van der Waals surface area contributed by atoms with Gasteiger partial charge in [-0.2, -0.15) is 0 Å². The van der Waals surface area contributed by atoms with E-state index < -0.39 is 8.32 Å². The van der Waals surface area contributed by atoms with E-state index in [4.69, 9.17) is 4.43 Å². The van der Waals surface area contributed by atoms with Crippen molar-refractivity contribution in [3.05, 3.63) is 0 Å². The van der Waals surface area contributed by atoms with Crippen LogP contribution in [0.3, 0.4) is 0 Å². The topological polar surface area (TPSA) is 9.23 Å². The lowest BCUT2D eigenvalue weighted by Crippen LogP contribution is -2.48. The zero-order valence-corrected chi connectivity index (χ0v) is 14.1. The van der Waals surface area contributed by atoms with E-state index in [0.717, 1.165) is 6.42 Å². The lowest BCUT2D eigenvalue weighted by atomic mass is 9.84. The average molecular weight is 244 g/mol. The van der Waals surface area contributed by atoms with Crippen LogP contribution >= 0.6 is 0 Å². The Bertz CT molecular complexity index is 228. The molecule has 0 atom stereocenters. The van der Waals surface area contributed by atoms with Crippen LogP contribution in [0.4, 0.5) is 0 Å². The quantitative estimate of drug-likeness (QED) is 0.618. The third-order valence-electron chi connectivity index (χ3n) is 3.29. The summed E-state index contributed by atoms with van der Waals surface area (Å²) in [5.41, 5.74) is 0.313. The molecule has 0 aromatic rings. The molecule has 0 fully saturated rings. The molecule has 0 saturated carbocycles. The highest BCUT2D eigenvalue weighted by atomic mass is 28.4. The van der Waals surface area contributed by atoms with Gasteiger partial charge in [-0.1, -0.05) is 41.5 Å². The Balaban J connectivity index is 4.72. The Hall–Kier alpha value is 0.177. The van der Waals surface area contributed by atoms with E-state index in [2.05, 4.69) is 68.5 Å². The maximum atomic E-state index is 6.50. The first-order valence-electron chi connectivity index (χ1n) is 6.37. The van der Waals surface area contributed by atoms with Crippen molar-refractivity contribution in [2.45, 2.75) is 85.5 Å². The van der Waals surface area contributed by atoms with Crippen molar-refractivity contribution in [3.8, 4) is 0 Å². The normalized spacial score (nSPS) is 15.4. The van der Waals surface area contributed by atoms with E-state index in [-0.39, 0.29) is 5.60 Å². The van der Waals surface area contributed by atoms with E-state index in [1.807, 2.05) is 0 Å². The summed E-state index contributed by atoms with van der Waals surface area (Å²) in [7, 11) is -1.64. The molecule has 0 aromatic carbocycles. The minimum Gasteiger partial charge on any atom is -0.412 e. The third kappa shape index (κ3) is 5.49. The van der Waals surface area contributed by atoms with E-state index in [1.165, 1.54) is 0 Å². The molecule has 0 spiro atoms. The summed E-state index contributed by atoms with van der Waals surface area (Å²) in [5, 5.41) is 0.294. The molecule has 0 unspecified atom stereocenters. The van der Waals surface area contributed by atoms with Gasteiger partial charge >= 0.3 is 0 Å². The molecule has 0 radical (unpaired) electrons. The van der Waals surface area contributed by atoms with Crippen molar-refractivity contribution in [1.29, 1.82) is 0 Å². The summed E-state index contributed by atoms with van der Waals surface area (Å²) in [5.74, 6) is 0. The monoisotopic (exact) mass is 244 g/mol. The van der Waals surface area contributed by atoms with Gasteiger partial charge in [-0.3, -0.25) is 0 Å². The summed E-state index contributed by atoms with van der Waals surface area (Å²) in [6.45, 7) is 22.9. The smallest absolute Gasteiger partial charge is 0.192 e. The highest BCUT2D eigenvalue weighted by molar-refractivity contribution is 6.74. The molecule has 0 saturated heterocycles. The molecule has 0 amide bonds. The predicted octanol–water partition coefficient (Wildman–Crippen LogP) is 5.22. The Morgan fingerprint density at radius 2 is 1.19 bits per heavy atom. The number of hydrogen-bond acceptors (Lipinski definition) is 1. The highest BCUT2D eigenvalue weighted by Gasteiger charge is 2.42. The van der Waals surface area contributed by atoms with Crippen LogP contribution in [0.25, 0.3) is 0 Å². The minimum absolute atomic E-state index is 0.0126. The standard InChI is InChI=1S/C14H32OSi/c1-12(2,3)11-14(7,8)15-16(9,10)13(4,5)6/h11H2,1-10H3. The van der Waals surface area contributed by atoms with Gasteiger partial charge in [-0.05, 0) is 43.8 Å². The van der Waals surface area contributed by atoms with Gasteiger partial charge in [-0.25, -0.2) is 0 Å². The summed E-state index contributed by atoms with van der Waals surface area (Å²) in [6.07, 6.45) is 1.10. The summed E-state index contributed by atoms with van der Waals surface area (Å²) < 4.78 is 6.50. The molecule has 0 bridgehead atoms. The molecule has 16 heavy (non-hydrogen) atoms. The van der Waals surface area contributed by atoms with Crippen molar-refractivity contribution in [3.63, 3.8) is 0 Å². The first-order chi connectivity index (χ1) is 6.66. The summed E-state index contributed by atoms with van der Waals surface area (Å²) in [6, 6.07) is 0. The second kappa shape index (κ2) is 4.45. The van der Waals surface area contributed by atoms with Crippen LogP contribution in [-0.4, -0.2) is 13.9 Å². The van der Waals surface area contributed by atoms with Crippen molar-refractivity contribution in [2.24, 2.45) is 5.41 Å². The lowest BCUT2D eigenvalue weighted by Gasteiger charge is -2.44. The van der Waals surface area contributed by atoms with Crippen molar-refractivity contribution < 1.29 is 4.43 Å². The molecule has 0 rings (SSSR count). The maximum Gasteiger partial charge on any atom is 0.192 e. The Kier molecular flexibility index (Phi) is 4.50. The van der Waals surface area contributed by atoms with Gasteiger partial charge in [0.25, 0.3) is 0 Å². The van der Waals surface area contributed by atoms with Crippen molar-refractivity contribution >= 4 is 8.32 Å². The number of hydrogen-bond donors (Lipinski definition) is 0. The Morgan fingerprint density at radius 3 is 1.44 bits per heavy atom. The highest BCUT2D eigenvalue weighted by Crippen LogP contribution is 2.41. The lowest BCUT2D eigenvalue weighted by molar-refractivity contribution is 0.0482. The first kappa shape index (κ1) is 16.2. The maximum absolute atomic E-state index is 6.50. The molecular weight excluding hydrogens is 212 g/mol. The van der Waals surface area contributed by atoms with Gasteiger partial charge in [0.1, 0.15) is 0 Å². The largest absolute Gasteiger partial charge is 0.412 e. The molecule has 0 aliphatic rings. The van der Waals surface area contributed by atoms with Gasteiger partial charge in [0, 0.05) is 0 Å². The average Bonchev–Trinajstić information content (AvgIpc) is 1.72. The molecular formula is C14H32OSi. The molecule has 0 aliphatic heterocycles. The summed E-state index contributed by atoms with van der Waals surface area (Å²) >= 11 is 0. The zero-order chi connectivity index (χ0) is 13.4. The Morgan fingerprint density at radius 1 is 0.812 bits per heavy atom. The second-order valence-corrected chi connectivity index (χ2v) is 13.1. The molecule has 1 nitrogen and oxygen atoms in total. The van der Waals surface area contributed by atoms with Crippen LogP contribution in [0.5, 0.6) is 0 Å². The van der Waals surface area contributed by atoms with E-state index in [0.29, 0.717) is 10.5 Å². The van der Waals surface area contributed by atoms with Crippen LogP contribution in [0, 0.1) is 5.41 Å². The zero-order valence-electron chi connectivity index (χ0n) is 13.1. The first-order valence-corrected chi connectivity index (χ1v) is 9.27. The third-order valence-corrected chi connectivity index (χ3v) is 7.97.